The Morgan fingerprint density at radius 2 is 2.06 bits per heavy atom. The molecule has 1 aliphatic rings. The van der Waals surface area contributed by atoms with E-state index < -0.39 is 5.91 Å². The molecule has 1 atom stereocenters. The van der Waals surface area contributed by atoms with E-state index in [4.69, 9.17) is 5.73 Å². The van der Waals surface area contributed by atoms with Gasteiger partial charge < -0.3 is 21.3 Å². The van der Waals surface area contributed by atoms with Crippen molar-refractivity contribution < 1.29 is 9.59 Å². The highest BCUT2D eigenvalue weighted by Gasteiger charge is 2.23. The molecule has 12 nitrogen and oxygen atoms in total. The van der Waals surface area contributed by atoms with Gasteiger partial charge in [-0.3, -0.25) is 9.59 Å². The zero-order valence-corrected chi connectivity index (χ0v) is 17.9. The molecule has 4 rings (SSSR count). The zero-order chi connectivity index (χ0) is 23.2. The Bertz CT molecular complexity index is 1130. The van der Waals surface area contributed by atoms with Gasteiger partial charge in [0.05, 0.1) is 6.54 Å². The minimum absolute atomic E-state index is 0.0483. The summed E-state index contributed by atoms with van der Waals surface area (Å²) in [5.41, 5.74) is 7.12. The molecule has 3 aromatic rings. The molecule has 0 spiro atoms. The van der Waals surface area contributed by atoms with Crippen LogP contribution in [0.2, 0.25) is 0 Å². The van der Waals surface area contributed by atoms with Gasteiger partial charge in [-0.15, -0.1) is 10.2 Å². The van der Waals surface area contributed by atoms with Gasteiger partial charge in [-0.25, -0.2) is 9.67 Å². The van der Waals surface area contributed by atoms with Crippen LogP contribution >= 0.6 is 0 Å². The molecule has 1 aromatic carbocycles. The molecule has 1 fully saturated rings. The second kappa shape index (κ2) is 9.85. The van der Waals surface area contributed by atoms with Crippen molar-refractivity contribution in [2.24, 2.45) is 5.73 Å². The Morgan fingerprint density at radius 3 is 2.76 bits per heavy atom. The quantitative estimate of drug-likeness (QED) is 0.427. The standard InChI is InChI=1S/C21H24N10O2/c1-2-17(32)30-9-3-4-16(11-30)26-21-27-20(18(19(22)33)28-29-21)25-15-7-5-14(6-8-15)10-31-13-23-12-24-31/h2,5-8,12-13,16H,1,3-4,9-11H2,(H2,22,33)(H2,25,26,27,29). The van der Waals surface area contributed by atoms with Crippen LogP contribution in [0.15, 0.2) is 49.6 Å². The summed E-state index contributed by atoms with van der Waals surface area (Å²) in [6.07, 6.45) is 6.12. The number of anilines is 3. The summed E-state index contributed by atoms with van der Waals surface area (Å²) < 4.78 is 1.72. The van der Waals surface area contributed by atoms with Gasteiger partial charge in [0.25, 0.3) is 5.91 Å². The van der Waals surface area contributed by atoms with Gasteiger partial charge in [0.1, 0.15) is 12.7 Å². The summed E-state index contributed by atoms with van der Waals surface area (Å²) in [5.74, 6) is -0.423. The van der Waals surface area contributed by atoms with E-state index in [-0.39, 0.29) is 29.4 Å². The van der Waals surface area contributed by atoms with Crippen LogP contribution in [0.4, 0.5) is 17.5 Å². The van der Waals surface area contributed by atoms with Crippen LogP contribution in [0.3, 0.4) is 0 Å². The molecule has 0 aliphatic carbocycles. The molecule has 2 amide bonds. The third-order valence-electron chi connectivity index (χ3n) is 5.19. The lowest BCUT2D eigenvalue weighted by atomic mass is 10.1. The fourth-order valence-corrected chi connectivity index (χ4v) is 3.58. The second-order valence-corrected chi connectivity index (χ2v) is 7.58. The lowest BCUT2D eigenvalue weighted by Crippen LogP contribution is -2.44. The van der Waals surface area contributed by atoms with Crippen molar-refractivity contribution in [3.05, 3.63) is 60.8 Å². The van der Waals surface area contributed by atoms with Gasteiger partial charge in [-0.1, -0.05) is 18.7 Å². The number of aromatic nitrogens is 6. The maximum absolute atomic E-state index is 11.9. The van der Waals surface area contributed by atoms with Crippen molar-refractivity contribution in [2.45, 2.75) is 25.4 Å². The predicted octanol–water partition coefficient (Wildman–Crippen LogP) is 0.943. The highest BCUT2D eigenvalue weighted by molar-refractivity contribution is 5.96. The molecule has 1 unspecified atom stereocenters. The molecule has 12 heteroatoms. The minimum atomic E-state index is -0.743. The predicted molar refractivity (Wildman–Crippen MR) is 121 cm³/mol. The molecule has 33 heavy (non-hydrogen) atoms. The Morgan fingerprint density at radius 1 is 1.24 bits per heavy atom. The topological polar surface area (TPSA) is 157 Å². The van der Waals surface area contributed by atoms with Crippen LogP contribution in [-0.2, 0) is 11.3 Å². The Balaban J connectivity index is 1.47. The second-order valence-electron chi connectivity index (χ2n) is 7.58. The van der Waals surface area contributed by atoms with E-state index in [0.29, 0.717) is 25.3 Å². The molecule has 0 bridgehead atoms. The number of nitrogens with two attached hydrogens (primary N) is 1. The van der Waals surface area contributed by atoms with Crippen LogP contribution < -0.4 is 16.4 Å². The fourth-order valence-electron chi connectivity index (χ4n) is 3.58. The number of carbonyl (C=O) groups is 2. The normalized spacial score (nSPS) is 15.6. The lowest BCUT2D eigenvalue weighted by Gasteiger charge is -2.32. The molecular weight excluding hydrogens is 424 g/mol. The number of benzene rings is 1. The van der Waals surface area contributed by atoms with Gasteiger partial charge in [0, 0.05) is 24.8 Å². The Hall–Kier alpha value is -4.35. The van der Waals surface area contributed by atoms with Crippen molar-refractivity contribution in [3.63, 3.8) is 0 Å². The number of likely N-dealkylation sites (tertiary alicyclic amines) is 1. The molecule has 170 valence electrons. The zero-order valence-electron chi connectivity index (χ0n) is 17.9. The third kappa shape index (κ3) is 5.47. The first-order valence-electron chi connectivity index (χ1n) is 10.4. The summed E-state index contributed by atoms with van der Waals surface area (Å²) in [6, 6.07) is 7.51. The van der Waals surface area contributed by atoms with Crippen molar-refractivity contribution in [1.29, 1.82) is 0 Å². The SMILES string of the molecule is C=CC(=O)N1CCCC(Nc2nnc(C(N)=O)c(Nc3ccc(Cn4cncn4)cc3)n2)C1. The first-order valence-corrected chi connectivity index (χ1v) is 10.4. The van der Waals surface area contributed by atoms with Crippen LogP contribution in [0.5, 0.6) is 0 Å². The first-order chi connectivity index (χ1) is 16.0. The van der Waals surface area contributed by atoms with Crippen LogP contribution in [0, 0.1) is 0 Å². The monoisotopic (exact) mass is 448 g/mol. The van der Waals surface area contributed by atoms with Gasteiger partial charge in [-0.2, -0.15) is 10.1 Å². The summed E-state index contributed by atoms with van der Waals surface area (Å²) in [7, 11) is 0. The molecule has 3 heterocycles. The van der Waals surface area contributed by atoms with Gasteiger partial charge >= 0.3 is 0 Å². The molecule has 4 N–H and O–H groups in total. The highest BCUT2D eigenvalue weighted by atomic mass is 16.2. The lowest BCUT2D eigenvalue weighted by molar-refractivity contribution is -0.127. The van der Waals surface area contributed by atoms with Crippen LogP contribution in [0.1, 0.15) is 28.9 Å². The van der Waals surface area contributed by atoms with Gasteiger partial charge in [0.2, 0.25) is 11.9 Å². The Labute approximate surface area is 189 Å². The van der Waals surface area contributed by atoms with E-state index in [2.05, 4.69) is 42.5 Å². The molecule has 0 saturated carbocycles. The molecular formula is C21H24N10O2. The number of amides is 2. The Kier molecular flexibility index (Phi) is 6.53. The van der Waals surface area contributed by atoms with Gasteiger partial charge in [0.15, 0.2) is 11.5 Å². The van der Waals surface area contributed by atoms with E-state index in [0.717, 1.165) is 18.4 Å². The number of piperidine rings is 1. The molecule has 1 saturated heterocycles. The average Bonchev–Trinajstić information content (AvgIpc) is 3.33. The first kappa shape index (κ1) is 21.9. The summed E-state index contributed by atoms with van der Waals surface area (Å²) in [5, 5.41) is 18.3. The summed E-state index contributed by atoms with van der Waals surface area (Å²) >= 11 is 0. The number of nitrogens with one attached hydrogen (secondary N) is 2. The van der Waals surface area contributed by atoms with Gasteiger partial charge in [-0.05, 0) is 36.6 Å². The molecule has 1 aliphatic heterocycles. The highest BCUT2D eigenvalue weighted by Crippen LogP contribution is 2.20. The number of rotatable bonds is 8. The maximum atomic E-state index is 11.9. The smallest absolute Gasteiger partial charge is 0.273 e. The van der Waals surface area contributed by atoms with E-state index in [1.165, 1.54) is 12.4 Å². The van der Waals surface area contributed by atoms with Crippen molar-refractivity contribution in [2.75, 3.05) is 23.7 Å². The largest absolute Gasteiger partial charge is 0.364 e. The number of primary amides is 1. The number of nitrogens with zero attached hydrogens (tertiary/aromatic N) is 7. The van der Waals surface area contributed by atoms with Crippen LogP contribution in [-0.4, -0.2) is 65.8 Å². The van der Waals surface area contributed by atoms with E-state index in [9.17, 15) is 9.59 Å². The van der Waals surface area contributed by atoms with Crippen molar-refractivity contribution in [1.82, 2.24) is 34.8 Å². The number of carbonyl (C=O) groups excluding carboxylic acids is 2. The van der Waals surface area contributed by atoms with Crippen molar-refractivity contribution >= 4 is 29.3 Å². The van der Waals surface area contributed by atoms with E-state index in [1.807, 2.05) is 24.3 Å². The third-order valence-corrected chi connectivity index (χ3v) is 5.19. The number of hydrogen-bond acceptors (Lipinski definition) is 9. The average molecular weight is 448 g/mol. The maximum Gasteiger partial charge on any atom is 0.273 e. The minimum Gasteiger partial charge on any atom is -0.364 e. The summed E-state index contributed by atoms with van der Waals surface area (Å²) in [6.45, 7) is 5.31. The molecule has 0 radical (unpaired) electrons. The fraction of sp³-hybridized carbons (Fsp3) is 0.286. The number of hydrogen-bond donors (Lipinski definition) is 3. The molecule has 2 aromatic heterocycles. The van der Waals surface area contributed by atoms with Crippen molar-refractivity contribution in [3.8, 4) is 0 Å². The van der Waals surface area contributed by atoms with E-state index >= 15 is 0 Å². The van der Waals surface area contributed by atoms with Crippen LogP contribution in [0.25, 0.3) is 0 Å². The van der Waals surface area contributed by atoms with E-state index in [1.54, 1.807) is 15.9 Å². The summed E-state index contributed by atoms with van der Waals surface area (Å²) in [4.78, 5) is 33.8.